The van der Waals surface area contributed by atoms with Crippen LogP contribution in [-0.2, 0) is 14.1 Å². The molecule has 18 heavy (non-hydrogen) atoms. The van der Waals surface area contributed by atoms with Gasteiger partial charge < -0.3 is 10.2 Å². The second kappa shape index (κ2) is 3.49. The molecule has 0 radical (unpaired) electrons. The summed E-state index contributed by atoms with van der Waals surface area (Å²) in [6.07, 6.45) is 1.69. The maximum absolute atomic E-state index is 11.4. The van der Waals surface area contributed by atoms with Crippen LogP contribution in [-0.4, -0.2) is 14.3 Å². The van der Waals surface area contributed by atoms with Gasteiger partial charge in [-0.25, -0.2) is 4.79 Å². The van der Waals surface area contributed by atoms with Crippen molar-refractivity contribution in [2.45, 2.75) is 0 Å². The molecule has 0 amide bonds. The first-order valence-corrected chi connectivity index (χ1v) is 5.45. The second-order valence-electron chi connectivity index (χ2n) is 4.18. The quantitative estimate of drug-likeness (QED) is 0.695. The Hall–Kier alpha value is -2.50. The van der Waals surface area contributed by atoms with Crippen LogP contribution in [0.1, 0.15) is 0 Å². The lowest BCUT2D eigenvalue weighted by atomic mass is 10.1. The van der Waals surface area contributed by atoms with Crippen LogP contribution < -0.4 is 11.5 Å². The summed E-state index contributed by atoms with van der Waals surface area (Å²) in [5, 5.41) is 4.09. The van der Waals surface area contributed by atoms with Crippen molar-refractivity contribution in [1.82, 2.24) is 14.3 Å². The van der Waals surface area contributed by atoms with E-state index >= 15 is 0 Å². The fourth-order valence-corrected chi connectivity index (χ4v) is 1.97. The van der Waals surface area contributed by atoms with E-state index in [0.29, 0.717) is 11.4 Å². The summed E-state index contributed by atoms with van der Waals surface area (Å²) >= 11 is 0. The van der Waals surface area contributed by atoms with Gasteiger partial charge in [-0.2, -0.15) is 5.10 Å². The van der Waals surface area contributed by atoms with Crippen molar-refractivity contribution in [3.05, 3.63) is 34.9 Å². The Kier molecular flexibility index (Phi) is 2.07. The molecule has 0 unspecified atom stereocenters. The fraction of sp³-hybridized carbons (Fsp3) is 0.167. The van der Waals surface area contributed by atoms with Crippen LogP contribution >= 0.6 is 0 Å². The van der Waals surface area contributed by atoms with Crippen molar-refractivity contribution in [2.75, 3.05) is 5.73 Å². The van der Waals surface area contributed by atoms with Gasteiger partial charge in [0.25, 0.3) is 0 Å². The lowest BCUT2D eigenvalue weighted by Crippen LogP contribution is -2.08. The van der Waals surface area contributed by atoms with E-state index in [2.05, 4.69) is 5.10 Å². The van der Waals surface area contributed by atoms with Gasteiger partial charge in [-0.05, 0) is 17.7 Å². The first-order chi connectivity index (χ1) is 8.58. The Balaban J connectivity index is 2.25. The predicted octanol–water partition coefficient (Wildman–Crippen LogP) is 1.11. The highest BCUT2D eigenvalue weighted by molar-refractivity contribution is 5.83. The van der Waals surface area contributed by atoms with E-state index < -0.39 is 0 Å². The molecule has 0 aliphatic carbocycles. The summed E-state index contributed by atoms with van der Waals surface area (Å²) in [5.74, 6) is 0.203. The van der Waals surface area contributed by atoms with Crippen molar-refractivity contribution < 1.29 is 4.42 Å². The lowest BCUT2D eigenvalue weighted by molar-refractivity contribution is 0.528. The Bertz CT molecular complexity index is 794. The van der Waals surface area contributed by atoms with E-state index in [-0.39, 0.29) is 5.76 Å². The zero-order chi connectivity index (χ0) is 12.9. The lowest BCUT2D eigenvalue weighted by Gasteiger charge is -2.00. The molecule has 2 N–H and O–H groups in total. The topological polar surface area (TPSA) is 79.0 Å². The Morgan fingerprint density at radius 1 is 1.33 bits per heavy atom. The summed E-state index contributed by atoms with van der Waals surface area (Å²) < 4.78 is 8.21. The molecule has 92 valence electrons. The number of anilines is 1. The number of hydrogen-bond acceptors (Lipinski definition) is 4. The molecule has 3 aromatic rings. The number of nitrogen functional groups attached to an aromatic ring is 1. The fourth-order valence-electron chi connectivity index (χ4n) is 1.97. The predicted molar refractivity (Wildman–Crippen MR) is 68.1 cm³/mol. The minimum atomic E-state index is -0.374. The number of benzene rings is 1. The molecular formula is C12H12N4O2. The van der Waals surface area contributed by atoms with Gasteiger partial charge in [0.05, 0.1) is 11.7 Å². The van der Waals surface area contributed by atoms with E-state index in [1.807, 2.05) is 12.1 Å². The molecule has 0 spiro atoms. The first-order valence-electron chi connectivity index (χ1n) is 5.45. The van der Waals surface area contributed by atoms with Crippen LogP contribution in [0.5, 0.6) is 0 Å². The molecule has 6 heteroatoms. The second-order valence-corrected chi connectivity index (χ2v) is 4.18. The van der Waals surface area contributed by atoms with E-state index in [9.17, 15) is 4.79 Å². The maximum atomic E-state index is 11.4. The van der Waals surface area contributed by atoms with Gasteiger partial charge in [0.2, 0.25) is 0 Å². The average molecular weight is 244 g/mol. The standard InChI is InChI=1S/C12H12N4O2/c1-15-9-4-3-7(5-10(9)18-12(15)17)8-6-14-16(2)11(8)13/h3-6H,13H2,1-2H3. The van der Waals surface area contributed by atoms with Crippen LogP contribution in [0.4, 0.5) is 5.82 Å². The number of rotatable bonds is 1. The highest BCUT2D eigenvalue weighted by atomic mass is 16.4. The molecular weight excluding hydrogens is 232 g/mol. The Morgan fingerprint density at radius 3 is 2.78 bits per heavy atom. The number of aryl methyl sites for hydroxylation is 2. The Labute approximate surface area is 102 Å². The Morgan fingerprint density at radius 2 is 2.11 bits per heavy atom. The maximum Gasteiger partial charge on any atom is 0.419 e. The number of nitrogens with zero attached hydrogens (tertiary/aromatic N) is 3. The molecule has 0 saturated heterocycles. The van der Waals surface area contributed by atoms with Gasteiger partial charge in [-0.3, -0.25) is 9.25 Å². The third kappa shape index (κ3) is 1.35. The summed E-state index contributed by atoms with van der Waals surface area (Å²) in [4.78, 5) is 11.4. The number of hydrogen-bond donors (Lipinski definition) is 1. The monoisotopic (exact) mass is 244 g/mol. The molecule has 0 atom stereocenters. The van der Waals surface area contributed by atoms with Crippen LogP contribution in [0.15, 0.2) is 33.6 Å². The normalized spacial score (nSPS) is 11.2. The molecule has 1 aromatic carbocycles. The zero-order valence-electron chi connectivity index (χ0n) is 10.0. The highest BCUT2D eigenvalue weighted by Gasteiger charge is 2.11. The summed E-state index contributed by atoms with van der Waals surface area (Å²) in [6.45, 7) is 0. The average Bonchev–Trinajstić information content (AvgIpc) is 2.82. The van der Waals surface area contributed by atoms with Gasteiger partial charge in [-0.1, -0.05) is 6.07 Å². The van der Waals surface area contributed by atoms with Gasteiger partial charge >= 0.3 is 5.76 Å². The van der Waals surface area contributed by atoms with Crippen molar-refractivity contribution >= 4 is 16.9 Å². The molecule has 0 bridgehead atoms. The molecule has 2 aromatic heterocycles. The van der Waals surface area contributed by atoms with E-state index in [0.717, 1.165) is 16.6 Å². The summed E-state index contributed by atoms with van der Waals surface area (Å²) in [5.41, 5.74) is 8.92. The van der Waals surface area contributed by atoms with Crippen LogP contribution in [0.2, 0.25) is 0 Å². The SMILES string of the molecule is Cn1ncc(-c2ccc3c(c2)oc(=O)n3C)c1N. The van der Waals surface area contributed by atoms with Gasteiger partial charge in [0.1, 0.15) is 5.82 Å². The van der Waals surface area contributed by atoms with Gasteiger partial charge in [0, 0.05) is 19.7 Å². The third-order valence-corrected chi connectivity index (χ3v) is 3.09. The molecule has 2 heterocycles. The third-order valence-electron chi connectivity index (χ3n) is 3.09. The molecule has 0 aliphatic heterocycles. The van der Waals surface area contributed by atoms with Crippen molar-refractivity contribution in [1.29, 1.82) is 0 Å². The smallest absolute Gasteiger partial charge is 0.408 e. The van der Waals surface area contributed by atoms with Crippen molar-refractivity contribution in [3.63, 3.8) is 0 Å². The summed E-state index contributed by atoms with van der Waals surface area (Å²) in [7, 11) is 3.45. The number of fused-ring (bicyclic) bond motifs is 1. The molecule has 6 nitrogen and oxygen atoms in total. The van der Waals surface area contributed by atoms with Crippen LogP contribution in [0.25, 0.3) is 22.2 Å². The van der Waals surface area contributed by atoms with Gasteiger partial charge in [-0.15, -0.1) is 0 Å². The largest absolute Gasteiger partial charge is 0.419 e. The van der Waals surface area contributed by atoms with E-state index in [1.165, 1.54) is 4.57 Å². The van der Waals surface area contributed by atoms with Crippen molar-refractivity contribution in [2.24, 2.45) is 14.1 Å². The molecule has 0 fully saturated rings. The molecule has 0 aliphatic rings. The van der Waals surface area contributed by atoms with Crippen LogP contribution in [0, 0.1) is 0 Å². The number of nitrogens with two attached hydrogens (primary N) is 1. The van der Waals surface area contributed by atoms with Crippen LogP contribution in [0.3, 0.4) is 0 Å². The number of oxazole rings is 1. The highest BCUT2D eigenvalue weighted by Crippen LogP contribution is 2.27. The zero-order valence-corrected chi connectivity index (χ0v) is 10.0. The van der Waals surface area contributed by atoms with E-state index in [1.54, 1.807) is 31.0 Å². The number of aromatic nitrogens is 3. The van der Waals surface area contributed by atoms with Gasteiger partial charge in [0.15, 0.2) is 5.58 Å². The minimum absolute atomic E-state index is 0.374. The summed E-state index contributed by atoms with van der Waals surface area (Å²) in [6, 6.07) is 5.52. The minimum Gasteiger partial charge on any atom is -0.408 e. The molecule has 3 rings (SSSR count). The first kappa shape index (κ1) is 10.6. The van der Waals surface area contributed by atoms with E-state index in [4.69, 9.17) is 10.2 Å². The van der Waals surface area contributed by atoms with Crippen molar-refractivity contribution in [3.8, 4) is 11.1 Å². The molecule has 0 saturated carbocycles.